The molecule has 21 nitrogen and oxygen atoms in total. The van der Waals surface area contributed by atoms with Gasteiger partial charge in [-0.1, -0.05) is 12.1 Å². The van der Waals surface area contributed by atoms with Crippen LogP contribution in [-0.2, 0) is 40.5 Å². The summed E-state index contributed by atoms with van der Waals surface area (Å²) in [6.07, 6.45) is 0. The fourth-order valence-electron chi connectivity index (χ4n) is 6.29. The van der Waals surface area contributed by atoms with Crippen LogP contribution in [0.1, 0.15) is 0 Å². The van der Waals surface area contributed by atoms with Crippen LogP contribution in [0, 0.1) is 0 Å². The van der Waals surface area contributed by atoms with Gasteiger partial charge in [0, 0.05) is 45.7 Å². The third kappa shape index (κ3) is 9.20. The molecule has 7 aromatic carbocycles. The lowest BCUT2D eigenvalue weighted by molar-refractivity contribution is 0.412. The highest BCUT2D eigenvalue weighted by Gasteiger charge is 2.23. The average Bonchev–Trinajstić information content (AvgIpc) is 3.22. The summed E-state index contributed by atoms with van der Waals surface area (Å²) in [5.41, 5.74) is -0.393. The molecule has 63 heavy (non-hydrogen) atoms. The number of rotatable bonds is 12. The van der Waals surface area contributed by atoms with Gasteiger partial charge in [0.15, 0.2) is 5.75 Å². The Morgan fingerprint density at radius 3 is 1.37 bits per heavy atom. The molecule has 0 aromatic heterocycles. The number of phenolic OH excluding ortho intramolecular Hbond substituents is 1. The summed E-state index contributed by atoms with van der Waals surface area (Å²) in [5, 5.41) is 39.4. The Hall–Kier alpha value is -6.84. The predicted octanol–water partition coefficient (Wildman–Crippen LogP) is 9.14. The summed E-state index contributed by atoms with van der Waals surface area (Å²) in [6.45, 7) is 0. The van der Waals surface area contributed by atoms with Crippen molar-refractivity contribution in [1.29, 1.82) is 0 Å². The highest BCUT2D eigenvalue weighted by molar-refractivity contribution is 7.86. The van der Waals surface area contributed by atoms with E-state index in [0.717, 1.165) is 36.4 Å². The summed E-state index contributed by atoms with van der Waals surface area (Å²) in [5.74, 6) is -0.551. The van der Waals surface area contributed by atoms with Crippen LogP contribution in [0.4, 0.5) is 39.8 Å². The van der Waals surface area contributed by atoms with E-state index in [4.69, 9.17) is 4.74 Å². The molecular weight excluding hydrogens is 907 g/mol. The Morgan fingerprint density at radius 2 is 0.905 bits per heavy atom. The molecule has 0 spiro atoms. The zero-order valence-corrected chi connectivity index (χ0v) is 35.3. The number of benzene rings is 7. The molecule has 0 fully saturated rings. The largest absolute Gasteiger partial charge is 0.505 e. The van der Waals surface area contributed by atoms with Gasteiger partial charge >= 0.3 is 0 Å². The number of aromatic hydroxyl groups is 1. The van der Waals surface area contributed by atoms with Gasteiger partial charge < -0.3 is 15.2 Å². The van der Waals surface area contributed by atoms with Crippen LogP contribution in [-0.4, -0.2) is 71.1 Å². The molecule has 0 bridgehead atoms. The number of nitrogens with zero attached hydrogens (tertiary/aromatic N) is 6. The number of nitrogens with one attached hydrogen (secondary N) is 1. The first-order valence-corrected chi connectivity index (χ1v) is 23.3. The summed E-state index contributed by atoms with van der Waals surface area (Å²) in [6, 6.07) is 21.4. The van der Waals surface area contributed by atoms with E-state index in [0.29, 0.717) is 5.69 Å². The summed E-state index contributed by atoms with van der Waals surface area (Å²) in [7, 11) is -16.5. The number of methoxy groups -OCH3 is 1. The SMILES string of the molecule is CNc1ccc2c(O)c(N=Nc3ccc(N=Nc4ccc(N=Nc5ccc(OC)cc5S(=O)(=O)O)c5ccc(S(=O)(=O)O)cc45)c4ccc(S(=O)(=O)O)cc34)c(S(=O)(=O)O)cc2c1. The van der Waals surface area contributed by atoms with Crippen molar-refractivity contribution in [2.24, 2.45) is 30.7 Å². The molecule has 7 rings (SSSR count). The van der Waals surface area contributed by atoms with Crippen LogP contribution < -0.4 is 10.1 Å². The van der Waals surface area contributed by atoms with Crippen molar-refractivity contribution in [1.82, 2.24) is 0 Å². The number of fused-ring (bicyclic) bond motifs is 3. The fraction of sp³-hybridized carbons (Fsp3) is 0.0526. The highest BCUT2D eigenvalue weighted by Crippen LogP contribution is 2.44. The second kappa shape index (κ2) is 16.5. The molecule has 6 N–H and O–H groups in total. The minimum Gasteiger partial charge on any atom is -0.505 e. The molecule has 0 radical (unpaired) electrons. The maximum Gasteiger partial charge on any atom is 0.296 e. The van der Waals surface area contributed by atoms with Crippen LogP contribution in [0.15, 0.2) is 153 Å². The van der Waals surface area contributed by atoms with Gasteiger partial charge in [-0.15, -0.1) is 30.7 Å². The van der Waals surface area contributed by atoms with Crippen LogP contribution in [0.3, 0.4) is 0 Å². The average molecular weight is 936 g/mol. The van der Waals surface area contributed by atoms with E-state index >= 15 is 0 Å². The first kappa shape index (κ1) is 44.2. The minimum absolute atomic E-state index is 0.00430. The van der Waals surface area contributed by atoms with Crippen LogP contribution in [0.25, 0.3) is 32.3 Å². The molecule has 0 atom stereocenters. The van der Waals surface area contributed by atoms with Gasteiger partial charge in [-0.05, 0) is 90.3 Å². The summed E-state index contributed by atoms with van der Waals surface area (Å²) >= 11 is 0. The Balaban J connectivity index is 1.35. The lowest BCUT2D eigenvalue weighted by Crippen LogP contribution is -1.99. The molecule has 0 aliphatic heterocycles. The molecule has 0 unspecified atom stereocenters. The molecule has 0 saturated carbocycles. The van der Waals surface area contributed by atoms with Crippen molar-refractivity contribution in [3.05, 3.63) is 103 Å². The van der Waals surface area contributed by atoms with E-state index in [1.807, 2.05) is 0 Å². The third-order valence-electron chi connectivity index (χ3n) is 9.33. The fourth-order valence-corrected chi connectivity index (χ4v) is 8.60. The third-order valence-corrected chi connectivity index (χ3v) is 12.8. The highest BCUT2D eigenvalue weighted by atomic mass is 32.2. The second-order valence-electron chi connectivity index (χ2n) is 13.2. The molecule has 0 aliphatic rings. The quantitative estimate of drug-likeness (QED) is 0.0491. The molecule has 0 amide bonds. The standard InChI is InChI=1S/C38H29N7O14S4/c1-39-21-3-7-25-20(15-21)16-36(63(56,57)58)37(38(25)46)45-43-33-14-12-30(27-9-6-24(19-29(27)33)61(50,51)52)40-42-32-13-11-31(26-8-5-23(18-28(26)32)60(47,48)49)41-44-34-10-4-22(59-2)17-35(34)62(53,54)55/h3-19,39,46H,1-2H3,(H,47,48,49)(H,50,51,52)(H,53,54,55)(H,56,57,58). The lowest BCUT2D eigenvalue weighted by Gasteiger charge is -2.11. The van der Waals surface area contributed by atoms with E-state index in [9.17, 15) is 57.0 Å². The number of hydrogen-bond acceptors (Lipinski definition) is 17. The molecule has 7 aromatic rings. The zero-order chi connectivity index (χ0) is 45.6. The number of anilines is 1. The maximum absolute atomic E-state index is 12.5. The predicted molar refractivity (Wildman–Crippen MR) is 228 cm³/mol. The van der Waals surface area contributed by atoms with Crippen molar-refractivity contribution in [3.8, 4) is 11.5 Å². The second-order valence-corrected chi connectivity index (χ2v) is 18.8. The molecule has 0 saturated heterocycles. The van der Waals surface area contributed by atoms with Gasteiger partial charge in [-0.2, -0.15) is 33.7 Å². The van der Waals surface area contributed by atoms with E-state index < -0.39 is 71.5 Å². The molecule has 0 heterocycles. The monoisotopic (exact) mass is 935 g/mol. The first-order chi connectivity index (χ1) is 29.6. The van der Waals surface area contributed by atoms with Crippen LogP contribution >= 0.6 is 0 Å². The normalized spacial score (nSPS) is 13.0. The van der Waals surface area contributed by atoms with Crippen molar-refractivity contribution in [2.75, 3.05) is 19.5 Å². The minimum atomic E-state index is -5.00. The smallest absolute Gasteiger partial charge is 0.296 e. The number of azo groups is 3. The van der Waals surface area contributed by atoms with Crippen molar-refractivity contribution < 1.29 is 61.7 Å². The number of hydrogen-bond donors (Lipinski definition) is 6. The number of ether oxygens (including phenoxy) is 1. The van der Waals surface area contributed by atoms with Crippen LogP contribution in [0.2, 0.25) is 0 Å². The summed E-state index contributed by atoms with van der Waals surface area (Å²) in [4.78, 5) is -2.53. The topological polar surface area (TPSA) is 333 Å². The number of phenols is 1. The van der Waals surface area contributed by atoms with Crippen LogP contribution in [0.5, 0.6) is 11.5 Å². The van der Waals surface area contributed by atoms with Gasteiger partial charge in [0.2, 0.25) is 0 Å². The maximum atomic E-state index is 12.5. The molecule has 324 valence electrons. The van der Waals surface area contributed by atoms with Crippen molar-refractivity contribution >= 4 is 113 Å². The van der Waals surface area contributed by atoms with Gasteiger partial charge in [0.1, 0.15) is 26.9 Å². The Labute approximate surface area is 357 Å². The Morgan fingerprint density at radius 1 is 0.460 bits per heavy atom. The van der Waals surface area contributed by atoms with Gasteiger partial charge in [0.25, 0.3) is 40.5 Å². The van der Waals surface area contributed by atoms with Gasteiger partial charge in [-0.3, -0.25) is 18.2 Å². The zero-order valence-electron chi connectivity index (χ0n) is 32.0. The Kier molecular flexibility index (Phi) is 11.6. The van der Waals surface area contributed by atoms with E-state index in [1.165, 1.54) is 67.8 Å². The van der Waals surface area contributed by atoms with Crippen molar-refractivity contribution in [2.45, 2.75) is 19.6 Å². The Bertz CT molecular complexity index is 3620. The van der Waals surface area contributed by atoms with E-state index in [2.05, 4.69) is 36.0 Å². The van der Waals surface area contributed by atoms with Crippen molar-refractivity contribution in [3.63, 3.8) is 0 Å². The van der Waals surface area contributed by atoms with E-state index in [1.54, 1.807) is 13.1 Å². The molecule has 0 aliphatic carbocycles. The lowest BCUT2D eigenvalue weighted by atomic mass is 10.1. The van der Waals surface area contributed by atoms with Gasteiger partial charge in [0.05, 0.1) is 39.7 Å². The summed E-state index contributed by atoms with van der Waals surface area (Å²) < 4.78 is 142. The first-order valence-electron chi connectivity index (χ1n) is 17.5. The van der Waals surface area contributed by atoms with Gasteiger partial charge in [-0.25, -0.2) is 0 Å². The van der Waals surface area contributed by atoms with E-state index in [-0.39, 0.29) is 66.5 Å². The molecular formula is C38H29N7O14S4. The molecule has 25 heteroatoms.